The van der Waals surface area contributed by atoms with Crippen molar-refractivity contribution in [3.8, 4) is 0 Å². The van der Waals surface area contributed by atoms with Crippen molar-refractivity contribution in [2.45, 2.75) is 18.7 Å². The van der Waals surface area contributed by atoms with Crippen molar-refractivity contribution in [1.82, 2.24) is 0 Å². The van der Waals surface area contributed by atoms with E-state index in [4.69, 9.17) is 0 Å². The van der Waals surface area contributed by atoms with Crippen LogP contribution in [0.2, 0.25) is 0 Å². The normalized spacial score (nSPS) is 15.0. The van der Waals surface area contributed by atoms with Crippen molar-refractivity contribution < 1.29 is 22.7 Å². The Balaban J connectivity index is 2.42. The Morgan fingerprint density at radius 1 is 0.909 bits per heavy atom. The number of halogens is 4. The first-order chi connectivity index (χ1) is 10.2. The van der Waals surface area contributed by atoms with E-state index in [0.717, 1.165) is 23.8 Å². The lowest BCUT2D eigenvalue weighted by molar-refractivity contribution is -0.244. The molecular formula is C17H14F4O. The summed E-state index contributed by atoms with van der Waals surface area (Å²) in [6.07, 6.45) is -3.09. The second-order valence-corrected chi connectivity index (χ2v) is 5.02. The maximum atomic E-state index is 13.3. The molecular weight excluding hydrogens is 296 g/mol. The van der Waals surface area contributed by atoms with E-state index in [2.05, 4.69) is 0 Å². The molecule has 1 nitrogen and oxygen atoms in total. The van der Waals surface area contributed by atoms with Gasteiger partial charge in [0, 0.05) is 0 Å². The molecule has 0 saturated carbocycles. The molecule has 0 spiro atoms. The highest BCUT2D eigenvalue weighted by atomic mass is 19.4. The van der Waals surface area contributed by atoms with Crippen molar-refractivity contribution in [3.63, 3.8) is 0 Å². The molecule has 0 heterocycles. The molecule has 0 saturated heterocycles. The minimum Gasteiger partial charge on any atom is -0.373 e. The maximum Gasteiger partial charge on any atom is 0.425 e. The standard InChI is InChI=1S/C17H14F4O/c1-12-2-6-14(7-3-12)16(22,17(19,20)21)11-10-13-4-8-15(18)9-5-13/h2-11,22H,1H3. The highest BCUT2D eigenvalue weighted by Crippen LogP contribution is 2.40. The van der Waals surface area contributed by atoms with Crippen LogP contribution in [0.15, 0.2) is 54.6 Å². The fourth-order valence-corrected chi connectivity index (χ4v) is 1.95. The average molecular weight is 310 g/mol. The molecule has 5 heteroatoms. The van der Waals surface area contributed by atoms with Gasteiger partial charge in [-0.25, -0.2) is 4.39 Å². The number of aliphatic hydroxyl groups is 1. The first-order valence-electron chi connectivity index (χ1n) is 6.53. The molecule has 0 aliphatic heterocycles. The molecule has 2 rings (SSSR count). The first kappa shape index (κ1) is 16.2. The summed E-state index contributed by atoms with van der Waals surface area (Å²) in [6.45, 7) is 1.74. The first-order valence-corrected chi connectivity index (χ1v) is 6.53. The minimum absolute atomic E-state index is 0.274. The number of benzene rings is 2. The molecule has 0 aromatic heterocycles. The van der Waals surface area contributed by atoms with Gasteiger partial charge in [-0.3, -0.25) is 0 Å². The monoisotopic (exact) mass is 310 g/mol. The lowest BCUT2D eigenvalue weighted by Crippen LogP contribution is -2.40. The van der Waals surface area contributed by atoms with Crippen LogP contribution >= 0.6 is 0 Å². The van der Waals surface area contributed by atoms with Gasteiger partial charge in [0.2, 0.25) is 5.60 Å². The van der Waals surface area contributed by atoms with Crippen LogP contribution in [0.4, 0.5) is 17.6 Å². The van der Waals surface area contributed by atoms with Crippen molar-refractivity contribution in [2.24, 2.45) is 0 Å². The molecule has 0 radical (unpaired) electrons. The van der Waals surface area contributed by atoms with E-state index in [-0.39, 0.29) is 5.56 Å². The summed E-state index contributed by atoms with van der Waals surface area (Å²) < 4.78 is 52.7. The predicted molar refractivity (Wildman–Crippen MR) is 76.6 cm³/mol. The van der Waals surface area contributed by atoms with E-state index in [0.29, 0.717) is 11.6 Å². The predicted octanol–water partition coefficient (Wildman–Crippen LogP) is 4.60. The Morgan fingerprint density at radius 3 is 1.95 bits per heavy atom. The summed E-state index contributed by atoms with van der Waals surface area (Å²) in [5.74, 6) is -0.484. The van der Waals surface area contributed by atoms with Gasteiger partial charge in [0.25, 0.3) is 0 Å². The zero-order chi connectivity index (χ0) is 16.4. The summed E-state index contributed by atoms with van der Waals surface area (Å²) in [5, 5.41) is 10.1. The van der Waals surface area contributed by atoms with Gasteiger partial charge in [0.05, 0.1) is 0 Å². The zero-order valence-corrected chi connectivity index (χ0v) is 11.7. The molecule has 22 heavy (non-hydrogen) atoms. The van der Waals surface area contributed by atoms with Gasteiger partial charge in [-0.1, -0.05) is 48.0 Å². The molecule has 2 aromatic rings. The third kappa shape index (κ3) is 3.36. The van der Waals surface area contributed by atoms with Gasteiger partial charge in [-0.2, -0.15) is 13.2 Å². The largest absolute Gasteiger partial charge is 0.425 e. The molecule has 1 unspecified atom stereocenters. The van der Waals surface area contributed by atoms with Crippen molar-refractivity contribution >= 4 is 6.08 Å². The van der Waals surface area contributed by atoms with Gasteiger partial charge in [0.15, 0.2) is 0 Å². The SMILES string of the molecule is Cc1ccc(C(O)(C=Cc2ccc(F)cc2)C(F)(F)F)cc1. The highest BCUT2D eigenvalue weighted by molar-refractivity contribution is 5.52. The summed E-state index contributed by atoms with van der Waals surface area (Å²) >= 11 is 0. The molecule has 0 aliphatic carbocycles. The van der Waals surface area contributed by atoms with E-state index in [9.17, 15) is 22.7 Å². The second-order valence-electron chi connectivity index (χ2n) is 5.02. The summed E-state index contributed by atoms with van der Waals surface area (Å²) in [4.78, 5) is 0. The van der Waals surface area contributed by atoms with Crippen LogP contribution in [-0.2, 0) is 5.60 Å². The smallest absolute Gasteiger partial charge is 0.373 e. The Morgan fingerprint density at radius 2 is 1.45 bits per heavy atom. The van der Waals surface area contributed by atoms with Gasteiger partial charge in [0.1, 0.15) is 5.82 Å². The number of aryl methyl sites for hydroxylation is 1. The fraction of sp³-hybridized carbons (Fsp3) is 0.176. The van der Waals surface area contributed by atoms with Crippen LogP contribution in [0, 0.1) is 12.7 Å². The van der Waals surface area contributed by atoms with Crippen LogP contribution in [0.3, 0.4) is 0 Å². The van der Waals surface area contributed by atoms with Gasteiger partial charge in [-0.05, 0) is 36.3 Å². The number of rotatable bonds is 3. The van der Waals surface area contributed by atoms with E-state index in [1.807, 2.05) is 0 Å². The Labute approximate surface area is 125 Å². The molecule has 1 atom stereocenters. The van der Waals surface area contributed by atoms with Crippen LogP contribution in [0.25, 0.3) is 6.08 Å². The second kappa shape index (κ2) is 5.93. The Bertz CT molecular complexity index is 657. The number of alkyl halides is 3. The fourth-order valence-electron chi connectivity index (χ4n) is 1.95. The summed E-state index contributed by atoms with van der Waals surface area (Å²) in [6, 6.07) is 10.4. The number of hydrogen-bond donors (Lipinski definition) is 1. The molecule has 2 aromatic carbocycles. The van der Waals surface area contributed by atoms with E-state index in [1.54, 1.807) is 6.92 Å². The lowest BCUT2D eigenvalue weighted by Gasteiger charge is -2.28. The molecule has 0 aliphatic rings. The molecule has 0 amide bonds. The third-order valence-electron chi connectivity index (χ3n) is 3.31. The van der Waals surface area contributed by atoms with E-state index in [1.165, 1.54) is 36.4 Å². The topological polar surface area (TPSA) is 20.2 Å². The van der Waals surface area contributed by atoms with Crippen molar-refractivity contribution in [2.75, 3.05) is 0 Å². The van der Waals surface area contributed by atoms with Crippen LogP contribution in [0.1, 0.15) is 16.7 Å². The quantitative estimate of drug-likeness (QED) is 0.822. The molecule has 116 valence electrons. The van der Waals surface area contributed by atoms with Crippen LogP contribution in [0.5, 0.6) is 0 Å². The Hall–Kier alpha value is -2.14. The molecule has 1 N–H and O–H groups in total. The third-order valence-corrected chi connectivity index (χ3v) is 3.31. The van der Waals surface area contributed by atoms with Crippen LogP contribution in [-0.4, -0.2) is 11.3 Å². The van der Waals surface area contributed by atoms with Crippen LogP contribution < -0.4 is 0 Å². The lowest BCUT2D eigenvalue weighted by atomic mass is 9.91. The zero-order valence-electron chi connectivity index (χ0n) is 11.7. The van der Waals surface area contributed by atoms with Crippen molar-refractivity contribution in [3.05, 3.63) is 77.1 Å². The average Bonchev–Trinajstić information content (AvgIpc) is 2.46. The molecule has 0 bridgehead atoms. The minimum atomic E-state index is -4.88. The van der Waals surface area contributed by atoms with Gasteiger partial charge in [-0.15, -0.1) is 0 Å². The van der Waals surface area contributed by atoms with E-state index >= 15 is 0 Å². The van der Waals surface area contributed by atoms with Gasteiger partial charge >= 0.3 is 6.18 Å². The molecule has 0 fully saturated rings. The van der Waals surface area contributed by atoms with Gasteiger partial charge < -0.3 is 5.11 Å². The number of hydrogen-bond acceptors (Lipinski definition) is 1. The van der Waals surface area contributed by atoms with E-state index < -0.39 is 17.6 Å². The Kier molecular flexibility index (Phi) is 4.37. The highest BCUT2D eigenvalue weighted by Gasteiger charge is 2.53. The maximum absolute atomic E-state index is 13.3. The van der Waals surface area contributed by atoms with Crippen molar-refractivity contribution in [1.29, 1.82) is 0 Å². The summed E-state index contributed by atoms with van der Waals surface area (Å²) in [7, 11) is 0. The summed E-state index contributed by atoms with van der Waals surface area (Å²) in [5.41, 5.74) is -2.23.